The minimum Gasteiger partial charge on any atom is -0.395 e. The van der Waals surface area contributed by atoms with Crippen molar-refractivity contribution in [1.82, 2.24) is 4.90 Å². The zero-order chi connectivity index (χ0) is 15.4. The molecule has 4 nitrogen and oxygen atoms in total. The summed E-state index contributed by atoms with van der Waals surface area (Å²) in [7, 11) is 1.95. The van der Waals surface area contributed by atoms with Crippen molar-refractivity contribution in [3.63, 3.8) is 0 Å². The molecule has 1 N–H and O–H groups in total. The lowest BCUT2D eigenvalue weighted by atomic mass is 9.98. The van der Waals surface area contributed by atoms with Crippen molar-refractivity contribution in [2.75, 3.05) is 38.2 Å². The number of benzene rings is 1. The van der Waals surface area contributed by atoms with Gasteiger partial charge in [0.25, 0.3) is 0 Å². The molecule has 1 heterocycles. The molecule has 0 spiro atoms. The quantitative estimate of drug-likeness (QED) is 0.848. The van der Waals surface area contributed by atoms with Crippen molar-refractivity contribution < 1.29 is 9.90 Å². The Hall–Kier alpha value is -1.10. The number of alkyl halides is 1. The number of anilines is 1. The molecule has 2 rings (SSSR count). The second-order valence-electron chi connectivity index (χ2n) is 5.62. The summed E-state index contributed by atoms with van der Waals surface area (Å²) < 4.78 is 0. The minimum absolute atomic E-state index is 0.0915. The number of hydrogen-bond acceptors (Lipinski definition) is 3. The molecular formula is C16H23ClN2O2. The maximum absolute atomic E-state index is 11.7. The Bertz CT molecular complexity index is 507. The number of rotatable bonds is 5. The average Bonchev–Trinajstić information content (AvgIpc) is 2.46. The van der Waals surface area contributed by atoms with Crippen LogP contribution in [0.15, 0.2) is 18.2 Å². The molecule has 0 fully saturated rings. The molecule has 0 radical (unpaired) electrons. The van der Waals surface area contributed by atoms with E-state index in [0.29, 0.717) is 13.1 Å². The third-order valence-corrected chi connectivity index (χ3v) is 4.31. The molecule has 1 aromatic rings. The average molecular weight is 311 g/mol. The topological polar surface area (TPSA) is 43.8 Å². The van der Waals surface area contributed by atoms with Crippen LogP contribution in [0.3, 0.4) is 0 Å². The van der Waals surface area contributed by atoms with E-state index in [0.717, 1.165) is 30.6 Å². The second kappa shape index (κ2) is 7.25. The van der Waals surface area contributed by atoms with Crippen LogP contribution in [0, 0.1) is 0 Å². The van der Waals surface area contributed by atoms with Crippen LogP contribution >= 0.6 is 11.6 Å². The highest BCUT2D eigenvalue weighted by Gasteiger charge is 2.21. The maximum Gasteiger partial charge on any atom is 0.223 e. The molecule has 1 aliphatic rings. The Morgan fingerprint density at radius 1 is 1.52 bits per heavy atom. The van der Waals surface area contributed by atoms with E-state index in [-0.39, 0.29) is 17.9 Å². The van der Waals surface area contributed by atoms with Crippen LogP contribution < -0.4 is 4.90 Å². The number of nitrogens with zero attached hydrogens (tertiary/aromatic N) is 2. The highest BCUT2D eigenvalue weighted by molar-refractivity contribution is 6.21. The fourth-order valence-corrected chi connectivity index (χ4v) is 3.15. The van der Waals surface area contributed by atoms with Crippen molar-refractivity contribution >= 4 is 23.2 Å². The first-order chi connectivity index (χ1) is 10.0. The summed E-state index contributed by atoms with van der Waals surface area (Å²) in [6, 6.07) is 6.13. The predicted molar refractivity (Wildman–Crippen MR) is 86.0 cm³/mol. The number of aryl methyl sites for hydroxylation is 1. The Morgan fingerprint density at radius 2 is 2.29 bits per heavy atom. The smallest absolute Gasteiger partial charge is 0.223 e. The number of fused-ring (bicyclic) bond motifs is 1. The highest BCUT2D eigenvalue weighted by Crippen LogP contribution is 2.31. The van der Waals surface area contributed by atoms with Crippen LogP contribution in [0.25, 0.3) is 0 Å². The molecule has 0 aliphatic carbocycles. The number of halogens is 1. The normalized spacial score (nSPS) is 16.0. The molecule has 5 heteroatoms. The lowest BCUT2D eigenvalue weighted by molar-refractivity contribution is -0.116. The van der Waals surface area contributed by atoms with Crippen molar-refractivity contribution in [1.29, 1.82) is 0 Å². The number of likely N-dealkylation sites (N-methyl/N-ethyl adjacent to an activating group) is 1. The Kier molecular flexibility index (Phi) is 5.62. The van der Waals surface area contributed by atoms with Gasteiger partial charge in [0.15, 0.2) is 0 Å². The third-order valence-electron chi connectivity index (χ3n) is 3.92. The maximum atomic E-state index is 11.7. The van der Waals surface area contributed by atoms with Gasteiger partial charge >= 0.3 is 0 Å². The van der Waals surface area contributed by atoms with Crippen molar-refractivity contribution in [2.24, 2.45) is 0 Å². The van der Waals surface area contributed by atoms with Gasteiger partial charge in [-0.3, -0.25) is 4.79 Å². The largest absolute Gasteiger partial charge is 0.395 e. The van der Waals surface area contributed by atoms with Gasteiger partial charge in [0, 0.05) is 32.2 Å². The highest BCUT2D eigenvalue weighted by atomic mass is 35.5. The van der Waals surface area contributed by atoms with Crippen LogP contribution in [-0.4, -0.2) is 49.2 Å². The first kappa shape index (κ1) is 16.3. The summed E-state index contributed by atoms with van der Waals surface area (Å²) in [4.78, 5) is 15.5. The number of amides is 1. The molecule has 1 aromatic carbocycles. The number of carbonyl (C=O) groups is 1. The summed E-state index contributed by atoms with van der Waals surface area (Å²) in [5.41, 5.74) is 3.29. The molecule has 1 atom stereocenters. The van der Waals surface area contributed by atoms with Crippen molar-refractivity contribution in [3.05, 3.63) is 29.3 Å². The lowest BCUT2D eigenvalue weighted by Gasteiger charge is -2.29. The van der Waals surface area contributed by atoms with E-state index in [1.807, 2.05) is 29.0 Å². The van der Waals surface area contributed by atoms with Gasteiger partial charge in [-0.05, 0) is 37.1 Å². The molecule has 21 heavy (non-hydrogen) atoms. The van der Waals surface area contributed by atoms with E-state index in [4.69, 9.17) is 16.7 Å². The van der Waals surface area contributed by atoms with Crippen molar-refractivity contribution in [3.8, 4) is 0 Å². The molecule has 116 valence electrons. The van der Waals surface area contributed by atoms with E-state index in [1.165, 1.54) is 5.56 Å². The van der Waals surface area contributed by atoms with Gasteiger partial charge in [0.05, 0.1) is 12.0 Å². The zero-order valence-corrected chi connectivity index (χ0v) is 13.4. The molecule has 1 amide bonds. The van der Waals surface area contributed by atoms with Gasteiger partial charge in [-0.1, -0.05) is 12.1 Å². The van der Waals surface area contributed by atoms with E-state index in [1.54, 1.807) is 6.92 Å². The number of aliphatic hydroxyl groups is 1. The fourth-order valence-electron chi connectivity index (χ4n) is 2.78. The summed E-state index contributed by atoms with van der Waals surface area (Å²) in [5.74, 6) is 0.0915. The summed E-state index contributed by atoms with van der Waals surface area (Å²) in [6.07, 6.45) is 1.98. The zero-order valence-electron chi connectivity index (χ0n) is 12.7. The van der Waals surface area contributed by atoms with Gasteiger partial charge in [-0.15, -0.1) is 11.6 Å². The van der Waals surface area contributed by atoms with Gasteiger partial charge in [-0.2, -0.15) is 0 Å². The number of carbonyl (C=O) groups excluding carboxylic acids is 1. The number of hydrogen-bond donors (Lipinski definition) is 1. The SMILES string of the molecule is CC(=O)N1CCCc2cc(C(Cl)CN(C)CCO)ccc21. The summed E-state index contributed by atoms with van der Waals surface area (Å²) in [6.45, 7) is 3.85. The monoisotopic (exact) mass is 310 g/mol. The van der Waals surface area contributed by atoms with Crippen LogP contribution in [0.2, 0.25) is 0 Å². The Morgan fingerprint density at radius 3 is 2.95 bits per heavy atom. The number of aliphatic hydroxyl groups excluding tert-OH is 1. The van der Waals surface area contributed by atoms with Gasteiger partial charge in [-0.25, -0.2) is 0 Å². The Labute approximate surface area is 131 Å². The van der Waals surface area contributed by atoms with Crippen LogP contribution in [0.1, 0.15) is 29.8 Å². The van der Waals surface area contributed by atoms with E-state index in [9.17, 15) is 4.79 Å². The first-order valence-corrected chi connectivity index (χ1v) is 7.81. The van der Waals surface area contributed by atoms with Gasteiger partial charge in [0.2, 0.25) is 5.91 Å². The second-order valence-corrected chi connectivity index (χ2v) is 6.14. The van der Waals surface area contributed by atoms with Crippen LogP contribution in [0.4, 0.5) is 5.69 Å². The molecule has 0 saturated heterocycles. The van der Waals surface area contributed by atoms with E-state index in [2.05, 4.69) is 6.07 Å². The van der Waals surface area contributed by atoms with Crippen LogP contribution in [0.5, 0.6) is 0 Å². The van der Waals surface area contributed by atoms with Crippen LogP contribution in [-0.2, 0) is 11.2 Å². The molecule has 0 saturated carbocycles. The standard InChI is InChI=1S/C16H23ClN2O2/c1-12(21)19-7-3-4-14-10-13(5-6-16(14)19)15(17)11-18(2)8-9-20/h5-6,10,15,20H,3-4,7-9,11H2,1-2H3. The fraction of sp³-hybridized carbons (Fsp3) is 0.562. The summed E-state index contributed by atoms with van der Waals surface area (Å²) >= 11 is 6.47. The first-order valence-electron chi connectivity index (χ1n) is 7.37. The molecule has 0 aromatic heterocycles. The van der Waals surface area contributed by atoms with Crippen molar-refractivity contribution in [2.45, 2.75) is 25.1 Å². The van der Waals surface area contributed by atoms with Gasteiger partial charge < -0.3 is 14.9 Å². The molecule has 1 unspecified atom stereocenters. The summed E-state index contributed by atoms with van der Waals surface area (Å²) in [5, 5.41) is 8.83. The predicted octanol–water partition coefficient (Wildman–Crippen LogP) is 2.19. The van der Waals surface area contributed by atoms with Gasteiger partial charge in [0.1, 0.15) is 0 Å². The van der Waals surface area contributed by atoms with E-state index < -0.39 is 0 Å². The Balaban J connectivity index is 2.15. The molecular weight excluding hydrogens is 288 g/mol. The minimum atomic E-state index is -0.112. The third kappa shape index (κ3) is 3.96. The van der Waals surface area contributed by atoms with E-state index >= 15 is 0 Å². The molecule has 1 aliphatic heterocycles. The molecule has 0 bridgehead atoms. The lowest BCUT2D eigenvalue weighted by Crippen LogP contribution is -2.33.